The standard InChI is InChI=1S/C14H17NO2/c16-9-3-1-2-4-11-5-7-13-12(10-11)6-8-14(17)15-13/h5,7,9-10H,1-4,6,8H2,(H,15,17). The van der Waals surface area contributed by atoms with Crippen molar-refractivity contribution >= 4 is 17.9 Å². The van der Waals surface area contributed by atoms with Gasteiger partial charge in [0.25, 0.3) is 0 Å². The Morgan fingerprint density at radius 1 is 1.24 bits per heavy atom. The zero-order chi connectivity index (χ0) is 12.1. The normalized spacial score (nSPS) is 14.0. The van der Waals surface area contributed by atoms with Crippen molar-refractivity contribution in [2.75, 3.05) is 5.32 Å². The van der Waals surface area contributed by atoms with Crippen molar-refractivity contribution in [1.29, 1.82) is 0 Å². The van der Waals surface area contributed by atoms with Gasteiger partial charge in [0, 0.05) is 18.5 Å². The first kappa shape index (κ1) is 11.8. The van der Waals surface area contributed by atoms with Gasteiger partial charge < -0.3 is 10.1 Å². The Balaban J connectivity index is 1.96. The highest BCUT2D eigenvalue weighted by Crippen LogP contribution is 2.24. The van der Waals surface area contributed by atoms with Crippen LogP contribution in [-0.2, 0) is 22.4 Å². The van der Waals surface area contributed by atoms with Crippen LogP contribution in [0.2, 0.25) is 0 Å². The Kier molecular flexibility index (Phi) is 3.91. The summed E-state index contributed by atoms with van der Waals surface area (Å²) in [7, 11) is 0. The second-order valence-corrected chi connectivity index (χ2v) is 4.45. The number of hydrogen-bond donors (Lipinski definition) is 1. The molecule has 0 fully saturated rings. The quantitative estimate of drug-likeness (QED) is 0.625. The fourth-order valence-corrected chi connectivity index (χ4v) is 2.15. The van der Waals surface area contributed by atoms with E-state index in [1.165, 1.54) is 11.1 Å². The minimum Gasteiger partial charge on any atom is -0.326 e. The van der Waals surface area contributed by atoms with Gasteiger partial charge in [-0.25, -0.2) is 0 Å². The van der Waals surface area contributed by atoms with E-state index in [0.717, 1.165) is 37.7 Å². The van der Waals surface area contributed by atoms with Gasteiger partial charge in [-0.1, -0.05) is 12.1 Å². The van der Waals surface area contributed by atoms with E-state index in [1.54, 1.807) is 0 Å². The predicted octanol–water partition coefficient (Wildman–Crippen LogP) is 2.48. The SMILES string of the molecule is O=CCCCCc1ccc2c(c1)CCC(=O)N2. The first-order valence-electron chi connectivity index (χ1n) is 6.15. The number of benzene rings is 1. The number of hydrogen-bond acceptors (Lipinski definition) is 2. The molecular weight excluding hydrogens is 214 g/mol. The molecule has 0 bridgehead atoms. The van der Waals surface area contributed by atoms with Gasteiger partial charge in [0.1, 0.15) is 6.29 Å². The molecule has 1 aromatic rings. The lowest BCUT2D eigenvalue weighted by Crippen LogP contribution is -2.18. The lowest BCUT2D eigenvalue weighted by atomic mass is 9.98. The van der Waals surface area contributed by atoms with Crippen molar-refractivity contribution in [1.82, 2.24) is 0 Å². The van der Waals surface area contributed by atoms with Crippen LogP contribution in [-0.4, -0.2) is 12.2 Å². The smallest absolute Gasteiger partial charge is 0.224 e. The highest BCUT2D eigenvalue weighted by atomic mass is 16.1. The van der Waals surface area contributed by atoms with Crippen LogP contribution in [0.15, 0.2) is 18.2 Å². The number of rotatable bonds is 5. The van der Waals surface area contributed by atoms with Gasteiger partial charge in [-0.15, -0.1) is 0 Å². The minimum absolute atomic E-state index is 0.108. The zero-order valence-corrected chi connectivity index (χ0v) is 9.87. The fraction of sp³-hybridized carbons (Fsp3) is 0.429. The molecule has 1 amide bonds. The first-order valence-corrected chi connectivity index (χ1v) is 6.15. The van der Waals surface area contributed by atoms with Crippen LogP contribution in [0.5, 0.6) is 0 Å². The summed E-state index contributed by atoms with van der Waals surface area (Å²) >= 11 is 0. The molecule has 3 nitrogen and oxygen atoms in total. The molecule has 17 heavy (non-hydrogen) atoms. The summed E-state index contributed by atoms with van der Waals surface area (Å²) in [6, 6.07) is 6.22. The van der Waals surface area contributed by atoms with Crippen LogP contribution in [0.25, 0.3) is 0 Å². The van der Waals surface area contributed by atoms with Gasteiger partial charge >= 0.3 is 0 Å². The van der Waals surface area contributed by atoms with E-state index in [-0.39, 0.29) is 5.91 Å². The van der Waals surface area contributed by atoms with Crippen LogP contribution in [0, 0.1) is 0 Å². The number of nitrogens with one attached hydrogen (secondary N) is 1. The van der Waals surface area contributed by atoms with E-state index < -0.39 is 0 Å². The predicted molar refractivity (Wildman–Crippen MR) is 67.0 cm³/mol. The van der Waals surface area contributed by atoms with Gasteiger partial charge in [-0.3, -0.25) is 4.79 Å². The molecule has 2 rings (SSSR count). The number of carbonyl (C=O) groups is 2. The molecular formula is C14H17NO2. The maximum absolute atomic E-state index is 11.2. The van der Waals surface area contributed by atoms with Crippen molar-refractivity contribution in [2.45, 2.75) is 38.5 Å². The molecule has 1 aliphatic rings. The number of amides is 1. The number of carbonyl (C=O) groups excluding carboxylic acids is 2. The molecule has 3 heteroatoms. The van der Waals surface area contributed by atoms with Gasteiger partial charge in [-0.05, 0) is 42.9 Å². The lowest BCUT2D eigenvalue weighted by Gasteiger charge is -2.17. The molecule has 0 saturated heterocycles. The second-order valence-electron chi connectivity index (χ2n) is 4.45. The molecule has 1 N–H and O–H groups in total. The number of unbranched alkanes of at least 4 members (excludes halogenated alkanes) is 2. The van der Waals surface area contributed by atoms with Crippen molar-refractivity contribution in [3.8, 4) is 0 Å². The van der Waals surface area contributed by atoms with Crippen LogP contribution >= 0.6 is 0 Å². The summed E-state index contributed by atoms with van der Waals surface area (Å²) in [6.07, 6.45) is 6.06. The van der Waals surface area contributed by atoms with Crippen molar-refractivity contribution in [3.05, 3.63) is 29.3 Å². The highest BCUT2D eigenvalue weighted by Gasteiger charge is 2.14. The number of fused-ring (bicyclic) bond motifs is 1. The van der Waals surface area contributed by atoms with E-state index >= 15 is 0 Å². The molecule has 0 aliphatic carbocycles. The molecule has 0 saturated carbocycles. The van der Waals surface area contributed by atoms with Crippen molar-refractivity contribution in [3.63, 3.8) is 0 Å². The maximum atomic E-state index is 11.2. The van der Waals surface area contributed by atoms with E-state index in [2.05, 4.69) is 17.4 Å². The fourth-order valence-electron chi connectivity index (χ4n) is 2.15. The average Bonchev–Trinajstić information content (AvgIpc) is 2.35. The molecule has 90 valence electrons. The van der Waals surface area contributed by atoms with Crippen molar-refractivity contribution in [2.24, 2.45) is 0 Å². The van der Waals surface area contributed by atoms with Crippen LogP contribution in [0.3, 0.4) is 0 Å². The van der Waals surface area contributed by atoms with Gasteiger partial charge in [0.2, 0.25) is 5.91 Å². The van der Waals surface area contributed by atoms with Crippen LogP contribution in [0.4, 0.5) is 5.69 Å². The summed E-state index contributed by atoms with van der Waals surface area (Å²) in [4.78, 5) is 21.4. The van der Waals surface area contributed by atoms with E-state index in [0.29, 0.717) is 12.8 Å². The third-order valence-corrected chi connectivity index (χ3v) is 3.10. The summed E-state index contributed by atoms with van der Waals surface area (Å²) in [5, 5.41) is 2.88. The van der Waals surface area contributed by atoms with E-state index in [4.69, 9.17) is 0 Å². The number of anilines is 1. The summed E-state index contributed by atoms with van der Waals surface area (Å²) in [5.41, 5.74) is 3.49. The Morgan fingerprint density at radius 2 is 2.12 bits per heavy atom. The zero-order valence-electron chi connectivity index (χ0n) is 9.87. The van der Waals surface area contributed by atoms with E-state index in [1.807, 2.05) is 6.07 Å². The summed E-state index contributed by atoms with van der Waals surface area (Å²) in [5.74, 6) is 0.108. The Hall–Kier alpha value is -1.64. The molecule has 0 unspecified atom stereocenters. The lowest BCUT2D eigenvalue weighted by molar-refractivity contribution is -0.116. The largest absolute Gasteiger partial charge is 0.326 e. The van der Waals surface area contributed by atoms with E-state index in [9.17, 15) is 9.59 Å². The Morgan fingerprint density at radius 3 is 2.94 bits per heavy atom. The van der Waals surface area contributed by atoms with Gasteiger partial charge in [0.05, 0.1) is 0 Å². The third kappa shape index (κ3) is 3.16. The summed E-state index contributed by atoms with van der Waals surface area (Å²) < 4.78 is 0. The Labute approximate surface area is 101 Å². The molecule has 1 heterocycles. The van der Waals surface area contributed by atoms with Gasteiger partial charge in [0.15, 0.2) is 0 Å². The molecule has 0 atom stereocenters. The Bertz CT molecular complexity index is 426. The number of aryl methyl sites for hydroxylation is 2. The first-order chi connectivity index (χ1) is 8.29. The van der Waals surface area contributed by atoms with Gasteiger partial charge in [-0.2, -0.15) is 0 Å². The maximum Gasteiger partial charge on any atom is 0.224 e. The minimum atomic E-state index is 0.108. The second kappa shape index (κ2) is 5.62. The van der Waals surface area contributed by atoms with Crippen LogP contribution < -0.4 is 5.32 Å². The third-order valence-electron chi connectivity index (χ3n) is 3.10. The monoisotopic (exact) mass is 231 g/mol. The molecule has 1 aromatic carbocycles. The number of aldehydes is 1. The highest BCUT2D eigenvalue weighted by molar-refractivity contribution is 5.93. The molecule has 0 radical (unpaired) electrons. The average molecular weight is 231 g/mol. The summed E-state index contributed by atoms with van der Waals surface area (Å²) in [6.45, 7) is 0. The molecule has 0 spiro atoms. The topological polar surface area (TPSA) is 46.2 Å². The molecule has 0 aromatic heterocycles. The van der Waals surface area contributed by atoms with Crippen molar-refractivity contribution < 1.29 is 9.59 Å². The van der Waals surface area contributed by atoms with Crippen LogP contribution in [0.1, 0.15) is 36.8 Å². The molecule has 1 aliphatic heterocycles.